The van der Waals surface area contributed by atoms with E-state index in [2.05, 4.69) is 0 Å². The van der Waals surface area contributed by atoms with Gasteiger partial charge >= 0.3 is 5.97 Å². The minimum absolute atomic E-state index is 0.108. The number of aromatic carboxylic acids is 1. The van der Waals surface area contributed by atoms with Crippen LogP contribution in [0.15, 0.2) is 36.4 Å². The van der Waals surface area contributed by atoms with Gasteiger partial charge in [-0.2, -0.15) is 0 Å². The van der Waals surface area contributed by atoms with Crippen molar-refractivity contribution in [2.75, 3.05) is 19.8 Å². The zero-order valence-corrected chi connectivity index (χ0v) is 15.1. The molecule has 2 aliphatic rings. The number of amides is 1. The van der Waals surface area contributed by atoms with Crippen LogP contribution in [0.25, 0.3) is 0 Å². The Labute approximate surface area is 157 Å². The maximum Gasteiger partial charge on any atom is 0.335 e. The summed E-state index contributed by atoms with van der Waals surface area (Å²) < 4.78 is 11.5. The summed E-state index contributed by atoms with van der Waals surface area (Å²) in [7, 11) is 0. The predicted octanol–water partition coefficient (Wildman–Crippen LogP) is 3.44. The Balaban J connectivity index is 1.68. The summed E-state index contributed by atoms with van der Waals surface area (Å²) in [5.41, 5.74) is 2.23. The topological polar surface area (TPSA) is 76.1 Å². The zero-order chi connectivity index (χ0) is 19.0. The highest BCUT2D eigenvalue weighted by molar-refractivity contribution is 5.98. The Morgan fingerprint density at radius 2 is 1.89 bits per heavy atom. The molecule has 1 saturated heterocycles. The van der Waals surface area contributed by atoms with Crippen molar-refractivity contribution in [1.29, 1.82) is 0 Å². The molecular weight excluding hydrogens is 346 g/mol. The molecular formula is C21H21NO5. The highest BCUT2D eigenvalue weighted by Gasteiger charge is 2.34. The number of para-hydroxylation sites is 1. The van der Waals surface area contributed by atoms with Crippen molar-refractivity contribution in [1.82, 2.24) is 4.90 Å². The molecule has 0 saturated carbocycles. The van der Waals surface area contributed by atoms with Gasteiger partial charge in [0.15, 0.2) is 11.5 Å². The molecule has 27 heavy (non-hydrogen) atoms. The summed E-state index contributed by atoms with van der Waals surface area (Å²) in [5, 5.41) is 9.29. The number of carboxylic acid groups (broad SMARTS) is 1. The van der Waals surface area contributed by atoms with Gasteiger partial charge in [-0.3, -0.25) is 4.79 Å². The van der Waals surface area contributed by atoms with Crippen molar-refractivity contribution in [2.24, 2.45) is 0 Å². The van der Waals surface area contributed by atoms with Crippen LogP contribution in [-0.4, -0.2) is 41.6 Å². The van der Waals surface area contributed by atoms with E-state index in [1.807, 2.05) is 23.1 Å². The maximum atomic E-state index is 13.2. The van der Waals surface area contributed by atoms with E-state index < -0.39 is 5.97 Å². The first-order chi connectivity index (χ1) is 13.0. The number of hydrogen-bond acceptors (Lipinski definition) is 4. The largest absolute Gasteiger partial charge is 0.486 e. The number of likely N-dealkylation sites (tertiary alicyclic amines) is 1. The summed E-state index contributed by atoms with van der Waals surface area (Å²) in [6, 6.07) is 10.4. The summed E-state index contributed by atoms with van der Waals surface area (Å²) >= 11 is 0. The Kier molecular flexibility index (Phi) is 4.48. The molecule has 2 heterocycles. The second-order valence-corrected chi connectivity index (χ2v) is 6.92. The van der Waals surface area contributed by atoms with Crippen LogP contribution in [0.4, 0.5) is 0 Å². The summed E-state index contributed by atoms with van der Waals surface area (Å²) in [6.07, 6.45) is 1.72. The Bertz CT molecular complexity index is 907. The lowest BCUT2D eigenvalue weighted by Crippen LogP contribution is -2.31. The van der Waals surface area contributed by atoms with E-state index in [4.69, 9.17) is 9.47 Å². The van der Waals surface area contributed by atoms with Crippen molar-refractivity contribution in [3.05, 3.63) is 58.7 Å². The molecule has 6 heteroatoms. The van der Waals surface area contributed by atoms with E-state index in [1.165, 1.54) is 6.07 Å². The van der Waals surface area contributed by atoms with E-state index in [1.54, 1.807) is 19.1 Å². The standard InChI is InChI=1S/C21H21NO5/c1-13-10-14(12-15(11-13)21(24)25)20(23)22-7-3-5-17(22)16-4-2-6-18-19(16)27-9-8-26-18/h2,4,6,10-12,17H,3,5,7-9H2,1H3,(H,24,25). The van der Waals surface area contributed by atoms with Gasteiger partial charge in [-0.1, -0.05) is 12.1 Å². The van der Waals surface area contributed by atoms with Crippen LogP contribution in [0, 0.1) is 6.92 Å². The molecule has 1 unspecified atom stereocenters. The molecule has 1 amide bonds. The van der Waals surface area contributed by atoms with E-state index in [0.717, 1.165) is 24.0 Å². The molecule has 0 bridgehead atoms. The quantitative estimate of drug-likeness (QED) is 0.899. The van der Waals surface area contributed by atoms with Gasteiger partial charge in [-0.05, 0) is 49.6 Å². The van der Waals surface area contributed by atoms with E-state index >= 15 is 0 Å². The smallest absolute Gasteiger partial charge is 0.335 e. The number of ether oxygens (including phenoxy) is 2. The Morgan fingerprint density at radius 1 is 1.11 bits per heavy atom. The fourth-order valence-corrected chi connectivity index (χ4v) is 3.89. The van der Waals surface area contributed by atoms with Crippen molar-refractivity contribution in [2.45, 2.75) is 25.8 Å². The van der Waals surface area contributed by atoms with E-state index in [-0.39, 0.29) is 17.5 Å². The van der Waals surface area contributed by atoms with Crippen molar-refractivity contribution in [3.63, 3.8) is 0 Å². The fraction of sp³-hybridized carbons (Fsp3) is 0.333. The van der Waals surface area contributed by atoms with Gasteiger partial charge in [0.1, 0.15) is 13.2 Å². The lowest BCUT2D eigenvalue weighted by molar-refractivity contribution is 0.0696. The van der Waals surface area contributed by atoms with Gasteiger partial charge in [0.25, 0.3) is 5.91 Å². The molecule has 6 nitrogen and oxygen atoms in total. The van der Waals surface area contributed by atoms with Gasteiger partial charge in [0.05, 0.1) is 11.6 Å². The average molecular weight is 367 g/mol. The second kappa shape index (κ2) is 6.95. The summed E-state index contributed by atoms with van der Waals surface area (Å²) in [4.78, 5) is 26.3. The number of aryl methyl sites for hydroxylation is 1. The minimum Gasteiger partial charge on any atom is -0.486 e. The third-order valence-corrected chi connectivity index (χ3v) is 5.04. The summed E-state index contributed by atoms with van der Waals surface area (Å²) in [6.45, 7) is 3.43. The number of fused-ring (bicyclic) bond motifs is 1. The molecule has 0 radical (unpaired) electrons. The Hall–Kier alpha value is -3.02. The lowest BCUT2D eigenvalue weighted by Gasteiger charge is -2.29. The van der Waals surface area contributed by atoms with E-state index in [9.17, 15) is 14.7 Å². The highest BCUT2D eigenvalue weighted by atomic mass is 16.6. The third-order valence-electron chi connectivity index (χ3n) is 5.04. The first kappa shape index (κ1) is 17.4. The fourth-order valence-electron chi connectivity index (χ4n) is 3.89. The maximum absolute atomic E-state index is 13.2. The molecule has 0 aliphatic carbocycles. The van der Waals surface area contributed by atoms with Gasteiger partial charge in [-0.25, -0.2) is 4.79 Å². The van der Waals surface area contributed by atoms with Crippen molar-refractivity contribution >= 4 is 11.9 Å². The number of carbonyl (C=O) groups is 2. The number of carbonyl (C=O) groups excluding carboxylic acids is 1. The van der Waals surface area contributed by atoms with Gasteiger partial charge < -0.3 is 19.5 Å². The van der Waals surface area contributed by atoms with Crippen LogP contribution in [-0.2, 0) is 0 Å². The molecule has 2 aromatic rings. The summed E-state index contributed by atoms with van der Waals surface area (Å²) in [5.74, 6) is 0.233. The van der Waals surface area contributed by atoms with Crippen LogP contribution < -0.4 is 9.47 Å². The molecule has 0 spiro atoms. The molecule has 0 aromatic heterocycles. The van der Waals surface area contributed by atoms with Crippen LogP contribution in [0.1, 0.15) is 50.7 Å². The molecule has 2 aliphatic heterocycles. The molecule has 4 rings (SSSR count). The molecule has 140 valence electrons. The normalized spacial score (nSPS) is 18.4. The predicted molar refractivity (Wildman–Crippen MR) is 98.6 cm³/mol. The number of nitrogens with zero attached hydrogens (tertiary/aromatic N) is 1. The van der Waals surface area contributed by atoms with Crippen LogP contribution in [0.3, 0.4) is 0 Å². The van der Waals surface area contributed by atoms with Gasteiger partial charge in [0, 0.05) is 17.7 Å². The lowest BCUT2D eigenvalue weighted by atomic mass is 10.0. The molecule has 1 atom stereocenters. The zero-order valence-electron chi connectivity index (χ0n) is 15.1. The second-order valence-electron chi connectivity index (χ2n) is 6.92. The molecule has 1 fully saturated rings. The first-order valence-electron chi connectivity index (χ1n) is 9.09. The highest BCUT2D eigenvalue weighted by Crippen LogP contribution is 2.43. The number of hydrogen-bond donors (Lipinski definition) is 1. The van der Waals surface area contributed by atoms with E-state index in [0.29, 0.717) is 36.8 Å². The molecule has 2 aromatic carbocycles. The minimum atomic E-state index is -1.03. The third kappa shape index (κ3) is 3.23. The van der Waals surface area contributed by atoms with Crippen LogP contribution in [0.2, 0.25) is 0 Å². The average Bonchev–Trinajstić information content (AvgIpc) is 3.16. The number of carboxylic acids is 1. The first-order valence-corrected chi connectivity index (χ1v) is 9.09. The van der Waals surface area contributed by atoms with Crippen LogP contribution in [0.5, 0.6) is 11.5 Å². The van der Waals surface area contributed by atoms with Crippen molar-refractivity contribution < 1.29 is 24.2 Å². The van der Waals surface area contributed by atoms with Gasteiger partial charge in [0.2, 0.25) is 0 Å². The SMILES string of the molecule is Cc1cc(C(=O)O)cc(C(=O)N2CCCC2c2cccc3c2OCCO3)c1. The number of benzene rings is 2. The van der Waals surface area contributed by atoms with Crippen LogP contribution >= 0.6 is 0 Å². The van der Waals surface area contributed by atoms with Crippen molar-refractivity contribution in [3.8, 4) is 11.5 Å². The Morgan fingerprint density at radius 3 is 2.70 bits per heavy atom. The monoisotopic (exact) mass is 367 g/mol. The van der Waals surface area contributed by atoms with Gasteiger partial charge in [-0.15, -0.1) is 0 Å². The molecule has 1 N–H and O–H groups in total. The number of rotatable bonds is 3.